The lowest BCUT2D eigenvalue weighted by molar-refractivity contribution is -0.385. The smallest absolute Gasteiger partial charge is 0.269 e. The van der Waals surface area contributed by atoms with Gasteiger partial charge in [0.25, 0.3) is 5.69 Å². The number of rotatable bonds is 4. The van der Waals surface area contributed by atoms with E-state index < -0.39 is 10.3 Å². The number of nitrogens with zero attached hydrogens (tertiary/aromatic N) is 1. The highest BCUT2D eigenvalue weighted by molar-refractivity contribution is 7.80. The van der Waals surface area contributed by atoms with E-state index in [1.54, 1.807) is 19.2 Å². The lowest BCUT2D eigenvalue weighted by atomic mass is 9.75. The summed E-state index contributed by atoms with van der Waals surface area (Å²) in [5.41, 5.74) is 5.22. The monoisotopic (exact) mass is 324 g/mol. The summed E-state index contributed by atoms with van der Waals surface area (Å²) in [5.74, 6) is -0.271. The first-order chi connectivity index (χ1) is 10.5. The first-order valence-electron chi connectivity index (χ1n) is 6.56. The molecule has 1 aliphatic heterocycles. The van der Waals surface area contributed by atoms with Crippen LogP contribution in [0, 0.1) is 10.1 Å². The third kappa shape index (κ3) is 3.49. The molecule has 0 aromatic heterocycles. The second-order valence-corrected chi connectivity index (χ2v) is 5.42. The predicted molar refractivity (Wildman–Crippen MR) is 83.1 cm³/mol. The van der Waals surface area contributed by atoms with E-state index in [9.17, 15) is 14.9 Å². The Morgan fingerprint density at radius 1 is 1.45 bits per heavy atom. The number of hydrogen-bond donors (Lipinski definition) is 3. The van der Waals surface area contributed by atoms with Gasteiger partial charge in [-0.25, -0.2) is 0 Å². The van der Waals surface area contributed by atoms with Crippen LogP contribution >= 0.6 is 12.2 Å². The topological polar surface area (TPSA) is 106 Å². The molecule has 1 fully saturated rings. The number of thiocarbonyl (C=S) groups is 1. The number of nitrogens with one attached hydrogen (secondary N) is 3. The van der Waals surface area contributed by atoms with Gasteiger partial charge in [-0.1, -0.05) is 12.1 Å². The minimum atomic E-state index is -0.543. The molecule has 0 bridgehead atoms. The van der Waals surface area contributed by atoms with Gasteiger partial charge in [-0.05, 0) is 17.8 Å². The lowest BCUT2D eigenvalue weighted by Gasteiger charge is -2.41. The number of carbonyl (C=O) groups is 1. The molecule has 1 saturated heterocycles. The van der Waals surface area contributed by atoms with E-state index in [2.05, 4.69) is 16.2 Å². The summed E-state index contributed by atoms with van der Waals surface area (Å²) in [7, 11) is 1.63. The fourth-order valence-electron chi connectivity index (χ4n) is 2.21. The van der Waals surface area contributed by atoms with Crippen LogP contribution in [0.25, 0.3) is 0 Å². The number of hydrogen-bond acceptors (Lipinski definition) is 5. The molecule has 1 amide bonds. The minimum absolute atomic E-state index is 0.00123. The van der Waals surface area contributed by atoms with Crippen LogP contribution in [0.3, 0.4) is 0 Å². The summed E-state index contributed by atoms with van der Waals surface area (Å²) < 4.78 is 5.23. The van der Waals surface area contributed by atoms with Crippen LogP contribution < -0.4 is 16.2 Å². The maximum atomic E-state index is 12.0. The van der Waals surface area contributed by atoms with Crippen molar-refractivity contribution >= 4 is 28.9 Å². The Kier molecular flexibility index (Phi) is 4.88. The zero-order valence-corrected chi connectivity index (χ0v) is 12.7. The Balaban J connectivity index is 2.09. The fourth-order valence-corrected chi connectivity index (χ4v) is 2.26. The highest BCUT2D eigenvalue weighted by atomic mass is 32.1. The quantitative estimate of drug-likeness (QED) is 0.418. The number of hydrazine groups is 1. The van der Waals surface area contributed by atoms with Crippen molar-refractivity contribution in [3.8, 4) is 0 Å². The molecule has 1 aliphatic rings. The molecule has 0 unspecified atom stereocenters. The summed E-state index contributed by atoms with van der Waals surface area (Å²) >= 11 is 4.86. The van der Waals surface area contributed by atoms with Crippen molar-refractivity contribution in [2.75, 3.05) is 20.3 Å². The average molecular weight is 324 g/mol. The molecule has 0 radical (unpaired) electrons. The van der Waals surface area contributed by atoms with E-state index in [-0.39, 0.29) is 18.0 Å². The van der Waals surface area contributed by atoms with Crippen LogP contribution in [0.15, 0.2) is 24.3 Å². The molecule has 0 atom stereocenters. The Morgan fingerprint density at radius 3 is 2.73 bits per heavy atom. The number of nitro benzene ring substituents is 1. The summed E-state index contributed by atoms with van der Waals surface area (Å²) in [6.07, 6.45) is 0.146. The molecule has 118 valence electrons. The second-order valence-electron chi connectivity index (χ2n) is 5.01. The van der Waals surface area contributed by atoms with Crippen LogP contribution in [0.2, 0.25) is 0 Å². The van der Waals surface area contributed by atoms with Gasteiger partial charge in [-0.15, -0.1) is 0 Å². The van der Waals surface area contributed by atoms with Crippen molar-refractivity contribution in [3.05, 3.63) is 39.9 Å². The maximum absolute atomic E-state index is 12.0. The molecule has 8 nitrogen and oxygen atoms in total. The Labute approximate surface area is 132 Å². The number of ether oxygens (including phenoxy) is 1. The number of benzene rings is 1. The van der Waals surface area contributed by atoms with Crippen LogP contribution in [0.1, 0.15) is 12.0 Å². The highest BCUT2D eigenvalue weighted by Crippen LogP contribution is 2.37. The van der Waals surface area contributed by atoms with Crippen molar-refractivity contribution in [2.24, 2.45) is 0 Å². The molecule has 3 N–H and O–H groups in total. The van der Waals surface area contributed by atoms with Gasteiger partial charge in [0, 0.05) is 25.6 Å². The van der Waals surface area contributed by atoms with E-state index in [4.69, 9.17) is 17.0 Å². The van der Waals surface area contributed by atoms with Crippen LogP contribution in [0.4, 0.5) is 5.69 Å². The third-order valence-corrected chi connectivity index (χ3v) is 3.77. The van der Waals surface area contributed by atoms with Gasteiger partial charge in [-0.3, -0.25) is 25.8 Å². The molecule has 1 aromatic carbocycles. The van der Waals surface area contributed by atoms with Crippen molar-refractivity contribution in [3.63, 3.8) is 0 Å². The molecule has 2 rings (SSSR count). The normalized spacial score (nSPS) is 15.3. The van der Waals surface area contributed by atoms with E-state index in [0.29, 0.717) is 18.3 Å². The fraction of sp³-hybridized carbons (Fsp3) is 0.385. The number of non-ortho nitro benzene ring substituents is 1. The second kappa shape index (κ2) is 6.67. The standard InChI is InChI=1S/C13H16N4O4S/c1-14-12(22)16-15-11(18)6-13(7-21-8-13)9-3-2-4-10(5-9)17(19)20/h2-5H,6-8H2,1H3,(H,15,18)(H2,14,16,22). The Bertz CT molecular complexity index is 603. The van der Waals surface area contributed by atoms with E-state index in [0.717, 1.165) is 5.56 Å². The van der Waals surface area contributed by atoms with Crippen molar-refractivity contribution < 1.29 is 14.5 Å². The number of nitro groups is 1. The Hall–Kier alpha value is -2.26. The molecule has 9 heteroatoms. The van der Waals surface area contributed by atoms with Gasteiger partial charge < -0.3 is 10.1 Å². The predicted octanol–water partition coefficient (Wildman–Crippen LogP) is 0.378. The maximum Gasteiger partial charge on any atom is 0.269 e. The Morgan fingerprint density at radius 2 is 2.18 bits per heavy atom. The first-order valence-corrected chi connectivity index (χ1v) is 6.97. The molecular weight excluding hydrogens is 308 g/mol. The zero-order chi connectivity index (χ0) is 16.2. The summed E-state index contributed by atoms with van der Waals surface area (Å²) in [4.78, 5) is 22.4. The molecule has 22 heavy (non-hydrogen) atoms. The van der Waals surface area contributed by atoms with E-state index >= 15 is 0 Å². The molecule has 0 aliphatic carbocycles. The van der Waals surface area contributed by atoms with E-state index in [1.165, 1.54) is 12.1 Å². The van der Waals surface area contributed by atoms with Crippen LogP contribution in [-0.2, 0) is 14.9 Å². The van der Waals surface area contributed by atoms with Crippen LogP contribution in [0.5, 0.6) is 0 Å². The number of amides is 1. The van der Waals surface area contributed by atoms with Crippen LogP contribution in [-0.4, -0.2) is 36.2 Å². The first kappa shape index (κ1) is 16.1. The number of carbonyl (C=O) groups excluding carboxylic acids is 1. The lowest BCUT2D eigenvalue weighted by Crippen LogP contribution is -2.53. The summed E-state index contributed by atoms with van der Waals surface area (Å²) in [6, 6.07) is 6.29. The van der Waals surface area contributed by atoms with Gasteiger partial charge in [0.1, 0.15) is 0 Å². The SMILES string of the molecule is CNC(=S)NNC(=O)CC1(c2cccc([N+](=O)[O-])c2)COC1. The molecule has 0 saturated carbocycles. The van der Waals surface area contributed by atoms with Gasteiger partial charge in [0.2, 0.25) is 5.91 Å². The van der Waals surface area contributed by atoms with Gasteiger partial charge in [0.15, 0.2) is 5.11 Å². The summed E-state index contributed by atoms with van der Waals surface area (Å²) in [6.45, 7) is 0.691. The van der Waals surface area contributed by atoms with Gasteiger partial charge >= 0.3 is 0 Å². The van der Waals surface area contributed by atoms with Gasteiger partial charge in [0.05, 0.1) is 23.6 Å². The molecular formula is C13H16N4O4S. The average Bonchev–Trinajstić information content (AvgIpc) is 2.48. The molecule has 1 aromatic rings. The van der Waals surface area contributed by atoms with Crippen molar-refractivity contribution in [1.82, 2.24) is 16.2 Å². The highest BCUT2D eigenvalue weighted by Gasteiger charge is 2.42. The van der Waals surface area contributed by atoms with E-state index in [1.807, 2.05) is 0 Å². The molecule has 0 spiro atoms. The van der Waals surface area contributed by atoms with Crippen molar-refractivity contribution in [2.45, 2.75) is 11.8 Å². The largest absolute Gasteiger partial charge is 0.379 e. The minimum Gasteiger partial charge on any atom is -0.379 e. The van der Waals surface area contributed by atoms with Gasteiger partial charge in [-0.2, -0.15) is 0 Å². The molecule has 1 heterocycles. The third-order valence-electron chi connectivity index (χ3n) is 3.47. The zero-order valence-electron chi connectivity index (χ0n) is 11.9. The van der Waals surface area contributed by atoms with Crippen molar-refractivity contribution in [1.29, 1.82) is 0 Å². The summed E-state index contributed by atoms with van der Waals surface area (Å²) in [5, 5.41) is 13.8.